The van der Waals surface area contributed by atoms with Crippen molar-refractivity contribution < 1.29 is 75.1 Å². The second-order valence-electron chi connectivity index (χ2n) is 20.3. The number of aromatic amines is 1. The number of ether oxygens (including phenoxy) is 4. The number of fused-ring (bicyclic) bond motifs is 3. The summed E-state index contributed by atoms with van der Waals surface area (Å²) in [5.41, 5.74) is 13.1. The van der Waals surface area contributed by atoms with Gasteiger partial charge in [-0.3, -0.25) is 14.4 Å². The molecule has 0 spiro atoms. The van der Waals surface area contributed by atoms with E-state index < -0.39 is 41.7 Å². The topological polar surface area (TPSA) is 310 Å². The van der Waals surface area contributed by atoms with Gasteiger partial charge in [-0.2, -0.15) is 13.2 Å². The molecule has 13 N–H and O–H groups in total. The zero-order valence-electron chi connectivity index (χ0n) is 51.5. The van der Waals surface area contributed by atoms with Gasteiger partial charge in [-0.25, -0.2) is 15.0 Å². The maximum absolute atomic E-state index is 15.7. The fraction of sp³-hybridized carbons (Fsp3) is 0.344. The molecule has 5 amide bonds. The number of carbonyl (C=O) groups is 4. The Morgan fingerprint density at radius 1 is 0.772 bits per heavy atom. The fourth-order valence-electron chi connectivity index (χ4n) is 9.59. The number of hydrogen-bond acceptors (Lipinski definition) is 15. The van der Waals surface area contributed by atoms with E-state index in [1.165, 1.54) is 5.01 Å². The lowest BCUT2D eigenvalue weighted by atomic mass is 9.95. The van der Waals surface area contributed by atoms with Crippen molar-refractivity contribution in [2.75, 3.05) is 99.2 Å². The number of rotatable bonds is 30. The monoisotopic (exact) mass is 1320 g/mol. The van der Waals surface area contributed by atoms with Crippen LogP contribution < -0.4 is 47.8 Å². The second-order valence-corrected chi connectivity index (χ2v) is 23.0. The molecule has 0 radical (unpaired) electrons. The van der Waals surface area contributed by atoms with E-state index in [1.54, 1.807) is 65.7 Å². The van der Waals surface area contributed by atoms with Crippen LogP contribution in [0, 0.1) is 12.7 Å². The van der Waals surface area contributed by atoms with Crippen molar-refractivity contribution in [2.24, 2.45) is 11.6 Å². The highest BCUT2D eigenvalue weighted by Crippen LogP contribution is 2.41. The molecule has 0 atom stereocenters. The van der Waals surface area contributed by atoms with E-state index in [1.807, 2.05) is 69.3 Å². The Hall–Kier alpha value is -8.21. The zero-order chi connectivity index (χ0) is 66.8. The summed E-state index contributed by atoms with van der Waals surface area (Å²) in [6.45, 7) is 3.28. The predicted octanol–water partition coefficient (Wildman–Crippen LogP) is 10.6. The van der Waals surface area contributed by atoms with Crippen LogP contribution in [0.5, 0.6) is 5.75 Å². The molecule has 0 saturated heterocycles. The largest absolute Gasteiger partial charge is 0.488 e. The van der Waals surface area contributed by atoms with Crippen LogP contribution in [-0.4, -0.2) is 122 Å². The lowest BCUT2D eigenvalue weighted by Crippen LogP contribution is -2.38. The van der Waals surface area contributed by atoms with Crippen molar-refractivity contribution in [2.45, 2.75) is 72.0 Å². The summed E-state index contributed by atoms with van der Waals surface area (Å²) < 4.78 is 84.9. The minimum absolute atomic E-state index is 0.0284. The first-order valence-electron chi connectivity index (χ1n) is 29.7. The molecule has 0 fully saturated rings. The standard InChI is InChI=1S/C61H69F4N10O11PS.C2H6.CH4O/c1-39-16-17-44(36-49(39)70-43-18-19-46-48(35-42-12-10-23-68-42)59(78)72-50(46)37-43)71-60(79)73-51-33-41(61(63,64)65)34-53(56(51)62)85-32-31-84-30-29-83-28-27-82-26-24-75(67)58-47-14-6-7-15-52(47)74(38-40-11-4-5-13-45(40)57(58)66)55(77)21-20-54(76)69-22-8-2-3-9-25-86-87(80,81)88;2*1-2/h4-7,10-19,23,33-37,68,70H,2-3,8-9,20-22,24-32,38,66-67H2,1H3,(H,69,76)(H,72,78)(H2,71,73,79)(H2,80,81,88);1-2H3;2H,1H3/b48-35-,58-57-;;. The van der Waals surface area contributed by atoms with Crippen molar-refractivity contribution in [1.29, 1.82) is 0 Å². The van der Waals surface area contributed by atoms with E-state index >= 15 is 4.39 Å². The first kappa shape index (κ1) is 72.8. The number of aryl methyl sites for hydroxylation is 1. The molecule has 3 heterocycles. The summed E-state index contributed by atoms with van der Waals surface area (Å²) in [6.07, 6.45) is 1.33. The molecule has 92 heavy (non-hydrogen) atoms. The third-order valence-electron chi connectivity index (χ3n) is 14.0. The summed E-state index contributed by atoms with van der Waals surface area (Å²) in [7, 11) is 1.00. The number of halogens is 4. The van der Waals surface area contributed by atoms with Gasteiger partial charge >= 0.3 is 18.9 Å². The number of aliphatic hydroxyl groups excluding tert-OH is 1. The maximum Gasteiger partial charge on any atom is 0.416 e. The van der Waals surface area contributed by atoms with Gasteiger partial charge in [0.1, 0.15) is 6.61 Å². The van der Waals surface area contributed by atoms with Crippen molar-refractivity contribution in [3.05, 3.63) is 160 Å². The molecule has 28 heteroatoms. The molecule has 2 aliphatic rings. The molecule has 0 bridgehead atoms. The lowest BCUT2D eigenvalue weighted by Gasteiger charge is -2.33. The van der Waals surface area contributed by atoms with Crippen LogP contribution in [0.1, 0.15) is 91.4 Å². The third-order valence-corrected chi connectivity index (χ3v) is 14.8. The molecule has 5 aromatic carbocycles. The van der Waals surface area contributed by atoms with Crippen molar-refractivity contribution in [1.82, 2.24) is 15.3 Å². The summed E-state index contributed by atoms with van der Waals surface area (Å²) in [5.74, 6) is 3.94. The van der Waals surface area contributed by atoms with E-state index in [9.17, 15) is 32.3 Å². The Morgan fingerprint density at radius 3 is 2.15 bits per heavy atom. The van der Waals surface area contributed by atoms with Crippen molar-refractivity contribution in [3.8, 4) is 5.75 Å². The Balaban J connectivity index is 0.00000329. The fourth-order valence-corrected chi connectivity index (χ4v) is 10.2. The van der Waals surface area contributed by atoms with E-state index in [2.05, 4.69) is 43.4 Å². The number of amides is 5. The molecule has 6 aromatic rings. The molecule has 8 rings (SSSR count). The quantitative estimate of drug-likeness (QED) is 0.00499. The Morgan fingerprint density at radius 2 is 1.45 bits per heavy atom. The molecule has 1 aromatic heterocycles. The van der Waals surface area contributed by atoms with Gasteiger partial charge in [0.25, 0.3) is 5.91 Å². The van der Waals surface area contributed by atoms with Gasteiger partial charge in [0.15, 0.2) is 11.6 Å². The normalized spacial score (nSPS) is 13.8. The van der Waals surface area contributed by atoms with Crippen LogP contribution in [0.3, 0.4) is 0 Å². The molecule has 0 saturated carbocycles. The number of urea groups is 1. The molecule has 22 nitrogen and oxygen atoms in total. The van der Waals surface area contributed by atoms with E-state index in [4.69, 9.17) is 49.9 Å². The molecular formula is C64H79F4N10O12PS. The van der Waals surface area contributed by atoms with Crippen molar-refractivity contribution in [3.63, 3.8) is 0 Å². The molecular weight excluding hydrogens is 1240 g/mol. The molecule has 0 aliphatic carbocycles. The van der Waals surface area contributed by atoms with Gasteiger partial charge in [0.2, 0.25) is 11.8 Å². The number of hydrogen-bond donors (Lipinski definition) is 11. The Bertz CT molecular complexity index is 3560. The summed E-state index contributed by atoms with van der Waals surface area (Å²) in [5, 5.41) is 22.2. The maximum atomic E-state index is 15.7. The second kappa shape index (κ2) is 36.1. The number of hydrazine groups is 1. The number of nitrogens with one attached hydrogen (secondary N) is 6. The van der Waals surface area contributed by atoms with Gasteiger partial charge in [-0.05, 0) is 103 Å². The highest BCUT2D eigenvalue weighted by atomic mass is 32.5. The number of aliphatic hydroxyl groups is 1. The van der Waals surface area contributed by atoms with Gasteiger partial charge in [0, 0.05) is 72.1 Å². The van der Waals surface area contributed by atoms with E-state index in [-0.39, 0.29) is 102 Å². The van der Waals surface area contributed by atoms with Gasteiger partial charge in [0.05, 0.1) is 98.9 Å². The number of aromatic nitrogens is 1. The van der Waals surface area contributed by atoms with Crippen LogP contribution in [0.2, 0.25) is 0 Å². The van der Waals surface area contributed by atoms with Crippen LogP contribution in [0.15, 0.2) is 115 Å². The van der Waals surface area contributed by atoms with Gasteiger partial charge in [-0.1, -0.05) is 81.3 Å². The number of nitrogens with zero attached hydrogens (tertiary/aromatic N) is 2. The molecule has 2 aliphatic heterocycles. The zero-order valence-corrected chi connectivity index (χ0v) is 53.2. The first-order chi connectivity index (χ1) is 44.2. The smallest absolute Gasteiger partial charge is 0.416 e. The van der Waals surface area contributed by atoms with Crippen LogP contribution in [-0.2, 0) is 57.6 Å². The van der Waals surface area contributed by atoms with Crippen LogP contribution >= 0.6 is 6.72 Å². The number of benzene rings is 5. The van der Waals surface area contributed by atoms with Crippen LogP contribution in [0.4, 0.5) is 56.5 Å². The number of unbranched alkanes of at least 4 members (excludes halogenated alkanes) is 3. The van der Waals surface area contributed by atoms with E-state index in [0.717, 1.165) is 36.8 Å². The number of anilines is 6. The van der Waals surface area contributed by atoms with E-state index in [0.29, 0.717) is 87.9 Å². The Kier molecular flexibility index (Phi) is 28.6. The third kappa shape index (κ3) is 21.7. The van der Waals surface area contributed by atoms with Crippen molar-refractivity contribution >= 4 is 99.4 Å². The molecule has 0 unspecified atom stereocenters. The summed E-state index contributed by atoms with van der Waals surface area (Å²) in [4.78, 5) is 75.7. The summed E-state index contributed by atoms with van der Waals surface area (Å²) in [6, 6.07) is 28.5. The Labute approximate surface area is 536 Å². The average Bonchev–Trinajstić information content (AvgIpc) is 0.831. The average molecular weight is 1320 g/mol. The number of nitrogens with two attached hydrogens (primary N) is 2. The lowest BCUT2D eigenvalue weighted by molar-refractivity contribution is -0.137. The number of para-hydroxylation sites is 1. The number of alkyl halides is 3. The van der Waals surface area contributed by atoms with Gasteiger partial charge in [-0.15, -0.1) is 0 Å². The number of carbonyl (C=O) groups excluding carboxylic acids is 4. The predicted molar refractivity (Wildman–Crippen MR) is 351 cm³/mol. The minimum atomic E-state index is -4.92. The highest BCUT2D eigenvalue weighted by Gasteiger charge is 2.34. The highest BCUT2D eigenvalue weighted by molar-refractivity contribution is 8.06. The first-order valence-corrected chi connectivity index (χ1v) is 32.3. The van der Waals surface area contributed by atoms with Crippen LogP contribution in [0.25, 0.3) is 23.0 Å². The number of H-pyrrole nitrogens is 1. The minimum Gasteiger partial charge on any atom is -0.488 e. The SMILES string of the molecule is CC.CO.Cc1ccc(NC(=O)Nc2cc(C(F)(F)F)cc(OCCOCCOCCOCCN(N)/C3=C(\N)c4ccccc4CN(C(=O)CCC(=O)NCCCCCCOP(O)(O)=S)c4ccccc43)c2F)cc1Nc1ccc2c(c1)NC(=O)/C2=C\c1ccc[nH]1. The summed E-state index contributed by atoms with van der Waals surface area (Å²) >= 11 is 4.44. The molecule has 496 valence electrons. The van der Waals surface area contributed by atoms with Gasteiger partial charge < -0.3 is 85.6 Å².